The van der Waals surface area contributed by atoms with E-state index >= 15 is 0 Å². The number of halogens is 2. The van der Waals surface area contributed by atoms with Crippen molar-refractivity contribution in [1.29, 1.82) is 0 Å². The Morgan fingerprint density at radius 1 is 1.00 bits per heavy atom. The molecule has 0 aromatic carbocycles. The van der Waals surface area contributed by atoms with Crippen molar-refractivity contribution in [2.75, 3.05) is 13.1 Å². The molecule has 2 atom stereocenters. The van der Waals surface area contributed by atoms with Gasteiger partial charge in [-0.1, -0.05) is 20.8 Å². The second kappa shape index (κ2) is 3.47. The second-order valence-corrected chi connectivity index (χ2v) is 6.68. The van der Waals surface area contributed by atoms with Crippen LogP contribution in [0.2, 0.25) is 0 Å². The molecule has 0 unspecified atom stereocenters. The third-order valence-corrected chi connectivity index (χ3v) is 6.23. The summed E-state index contributed by atoms with van der Waals surface area (Å²) in [5, 5.41) is 0. The van der Waals surface area contributed by atoms with E-state index in [0.29, 0.717) is 12.0 Å². The molecule has 2 spiro atoms. The predicted molar refractivity (Wildman–Crippen MR) is 68.8 cm³/mol. The van der Waals surface area contributed by atoms with Crippen LogP contribution < -0.4 is 0 Å². The highest BCUT2D eigenvalue weighted by molar-refractivity contribution is 5.29. The van der Waals surface area contributed by atoms with Crippen LogP contribution in [0.5, 0.6) is 0 Å². The van der Waals surface area contributed by atoms with Gasteiger partial charge in [0.1, 0.15) is 0 Å². The molecule has 0 amide bonds. The summed E-state index contributed by atoms with van der Waals surface area (Å²) in [5.41, 5.74) is -0.00410. The highest BCUT2D eigenvalue weighted by Crippen LogP contribution is 2.76. The summed E-state index contributed by atoms with van der Waals surface area (Å²) >= 11 is 0. The standard InChI is InChI=1S/C13H19F2N.C2H6/c1-2-12-7-11(8-13(11,14)15)9-16(12)6-5-10(12)3-4-10;1-2/h2-9H2,1H3;1-2H3/t11-,12+;/m0./s1. The second-order valence-electron chi connectivity index (χ2n) is 6.68. The maximum Gasteiger partial charge on any atom is 0.255 e. The monoisotopic (exact) mass is 257 g/mol. The van der Waals surface area contributed by atoms with Gasteiger partial charge in [-0.25, -0.2) is 8.78 Å². The van der Waals surface area contributed by atoms with Gasteiger partial charge in [-0.05, 0) is 44.1 Å². The molecule has 104 valence electrons. The Labute approximate surface area is 109 Å². The molecule has 3 heteroatoms. The van der Waals surface area contributed by atoms with Crippen molar-refractivity contribution in [2.24, 2.45) is 10.8 Å². The molecular formula is C15H25F2N. The molecule has 2 saturated carbocycles. The van der Waals surface area contributed by atoms with Gasteiger partial charge < -0.3 is 0 Å². The Kier molecular flexibility index (Phi) is 2.48. The fraction of sp³-hybridized carbons (Fsp3) is 1.00. The minimum atomic E-state index is -2.35. The van der Waals surface area contributed by atoms with Crippen LogP contribution in [0.3, 0.4) is 0 Å². The average Bonchev–Trinajstić information content (AvgIpc) is 3.15. The van der Waals surface area contributed by atoms with Crippen LogP contribution in [-0.4, -0.2) is 29.5 Å². The van der Waals surface area contributed by atoms with Crippen molar-refractivity contribution >= 4 is 0 Å². The molecule has 4 fully saturated rings. The summed E-state index contributed by atoms with van der Waals surface area (Å²) in [7, 11) is 0. The van der Waals surface area contributed by atoms with E-state index in [1.54, 1.807) is 0 Å². The molecule has 4 aliphatic rings. The fourth-order valence-electron chi connectivity index (χ4n) is 4.98. The van der Waals surface area contributed by atoms with Crippen molar-refractivity contribution in [2.45, 2.75) is 70.8 Å². The normalized spacial score (nSPS) is 45.8. The van der Waals surface area contributed by atoms with Gasteiger partial charge in [-0.3, -0.25) is 4.90 Å². The van der Waals surface area contributed by atoms with Gasteiger partial charge in [-0.15, -0.1) is 0 Å². The zero-order valence-corrected chi connectivity index (χ0v) is 11.9. The van der Waals surface area contributed by atoms with Crippen molar-refractivity contribution < 1.29 is 8.78 Å². The first-order chi connectivity index (χ1) is 8.49. The third kappa shape index (κ3) is 1.25. The van der Waals surface area contributed by atoms with E-state index in [-0.39, 0.29) is 12.0 Å². The van der Waals surface area contributed by atoms with Crippen LogP contribution in [0.1, 0.15) is 59.3 Å². The molecule has 0 bridgehead atoms. The summed E-state index contributed by atoms with van der Waals surface area (Å²) in [6.07, 6.45) is 5.86. The van der Waals surface area contributed by atoms with Crippen LogP contribution in [0.15, 0.2) is 0 Å². The quantitative estimate of drug-likeness (QED) is 0.684. The highest BCUT2D eigenvalue weighted by atomic mass is 19.3. The lowest BCUT2D eigenvalue weighted by Crippen LogP contribution is -2.43. The van der Waals surface area contributed by atoms with Crippen molar-refractivity contribution in [3.63, 3.8) is 0 Å². The summed E-state index contributed by atoms with van der Waals surface area (Å²) in [6.45, 7) is 7.96. The average molecular weight is 257 g/mol. The highest BCUT2D eigenvalue weighted by Gasteiger charge is 2.81. The molecule has 0 aromatic heterocycles. The SMILES string of the molecule is CC.CC[C@]12C[C@@]3(CN1CCC21CC1)CC3(F)F. The molecule has 2 aliphatic carbocycles. The summed E-state index contributed by atoms with van der Waals surface area (Å²) in [4.78, 5) is 2.43. The number of fused-ring (bicyclic) bond motifs is 2. The largest absolute Gasteiger partial charge is 0.296 e. The molecule has 18 heavy (non-hydrogen) atoms. The Morgan fingerprint density at radius 2 is 1.61 bits per heavy atom. The topological polar surface area (TPSA) is 3.24 Å². The van der Waals surface area contributed by atoms with E-state index in [1.807, 2.05) is 13.8 Å². The van der Waals surface area contributed by atoms with Gasteiger partial charge in [0.05, 0.1) is 5.41 Å². The van der Waals surface area contributed by atoms with Crippen LogP contribution >= 0.6 is 0 Å². The third-order valence-electron chi connectivity index (χ3n) is 6.23. The maximum absolute atomic E-state index is 13.6. The first-order valence-electron chi connectivity index (χ1n) is 7.62. The van der Waals surface area contributed by atoms with E-state index in [9.17, 15) is 8.78 Å². The number of hydrogen-bond donors (Lipinski definition) is 0. The van der Waals surface area contributed by atoms with E-state index in [4.69, 9.17) is 0 Å². The van der Waals surface area contributed by atoms with Crippen LogP contribution in [0.25, 0.3) is 0 Å². The summed E-state index contributed by atoms with van der Waals surface area (Å²) in [6, 6.07) is 0. The van der Waals surface area contributed by atoms with Gasteiger partial charge in [0.2, 0.25) is 0 Å². The Balaban J connectivity index is 0.000000478. The van der Waals surface area contributed by atoms with Crippen LogP contribution in [-0.2, 0) is 0 Å². The summed E-state index contributed by atoms with van der Waals surface area (Å²) in [5.74, 6) is -2.35. The molecule has 1 nitrogen and oxygen atoms in total. The molecule has 2 aliphatic heterocycles. The van der Waals surface area contributed by atoms with E-state index in [2.05, 4.69) is 11.8 Å². The van der Waals surface area contributed by atoms with Crippen molar-refractivity contribution in [3.05, 3.63) is 0 Å². The first-order valence-corrected chi connectivity index (χ1v) is 7.62. The predicted octanol–water partition coefficient (Wildman–Crippen LogP) is 4.08. The molecule has 0 radical (unpaired) electrons. The lowest BCUT2D eigenvalue weighted by atomic mass is 9.75. The van der Waals surface area contributed by atoms with Gasteiger partial charge in [-0.2, -0.15) is 0 Å². The number of alkyl halides is 2. The molecular weight excluding hydrogens is 232 g/mol. The van der Waals surface area contributed by atoms with Gasteiger partial charge in [0.25, 0.3) is 5.92 Å². The number of nitrogens with zero attached hydrogens (tertiary/aromatic N) is 1. The Morgan fingerprint density at radius 3 is 2.06 bits per heavy atom. The first kappa shape index (κ1) is 12.8. The lowest BCUT2D eigenvalue weighted by Gasteiger charge is -2.37. The fourth-order valence-corrected chi connectivity index (χ4v) is 4.98. The number of rotatable bonds is 1. The minimum Gasteiger partial charge on any atom is -0.296 e. The molecule has 2 saturated heterocycles. The minimum absolute atomic E-state index is 0.160. The van der Waals surface area contributed by atoms with Crippen molar-refractivity contribution in [3.8, 4) is 0 Å². The maximum atomic E-state index is 13.6. The summed E-state index contributed by atoms with van der Waals surface area (Å²) < 4.78 is 27.1. The molecule has 0 aromatic rings. The zero-order valence-electron chi connectivity index (χ0n) is 11.9. The lowest BCUT2D eigenvalue weighted by molar-refractivity contribution is 0.0640. The molecule has 0 N–H and O–H groups in total. The molecule has 2 heterocycles. The van der Waals surface area contributed by atoms with E-state index in [0.717, 1.165) is 19.4 Å². The van der Waals surface area contributed by atoms with Gasteiger partial charge >= 0.3 is 0 Å². The Bertz CT molecular complexity index is 364. The smallest absolute Gasteiger partial charge is 0.255 e. The van der Waals surface area contributed by atoms with Crippen LogP contribution in [0, 0.1) is 10.8 Å². The van der Waals surface area contributed by atoms with Crippen molar-refractivity contribution in [1.82, 2.24) is 4.90 Å². The Hall–Kier alpha value is -0.180. The van der Waals surface area contributed by atoms with Gasteiger partial charge in [0, 0.05) is 18.5 Å². The van der Waals surface area contributed by atoms with Gasteiger partial charge in [0.15, 0.2) is 0 Å². The van der Waals surface area contributed by atoms with Crippen LogP contribution in [0.4, 0.5) is 8.78 Å². The number of hydrogen-bond acceptors (Lipinski definition) is 1. The van der Waals surface area contributed by atoms with E-state index in [1.165, 1.54) is 19.3 Å². The molecule has 4 rings (SSSR count). The zero-order chi connectivity index (χ0) is 13.2. The van der Waals surface area contributed by atoms with E-state index < -0.39 is 11.3 Å².